The first kappa shape index (κ1) is 15.5. The molecular formula is C18H24N2O. The van der Waals surface area contributed by atoms with Gasteiger partial charge in [0.05, 0.1) is 0 Å². The monoisotopic (exact) mass is 284 g/mol. The molecule has 2 aromatic carbocycles. The van der Waals surface area contributed by atoms with Gasteiger partial charge in [0.1, 0.15) is 0 Å². The summed E-state index contributed by atoms with van der Waals surface area (Å²) >= 11 is 0. The Morgan fingerprint density at radius 3 is 2.67 bits per heavy atom. The minimum atomic E-state index is 0.119. The molecule has 0 bridgehead atoms. The molecule has 0 aliphatic carbocycles. The number of nitrogens with one attached hydrogen (secondary N) is 2. The van der Waals surface area contributed by atoms with Crippen LogP contribution in [0.1, 0.15) is 32.3 Å². The first-order valence-corrected chi connectivity index (χ1v) is 7.63. The summed E-state index contributed by atoms with van der Waals surface area (Å²) in [5.74, 6) is 0.119. The fourth-order valence-corrected chi connectivity index (χ4v) is 2.37. The molecule has 1 amide bonds. The van der Waals surface area contributed by atoms with Crippen LogP contribution < -0.4 is 10.6 Å². The first-order valence-electron chi connectivity index (χ1n) is 7.63. The van der Waals surface area contributed by atoms with Crippen LogP contribution in [0.4, 0.5) is 0 Å². The van der Waals surface area contributed by atoms with Crippen LogP contribution >= 0.6 is 0 Å². The number of benzene rings is 2. The second-order valence-corrected chi connectivity index (χ2v) is 5.63. The lowest BCUT2D eigenvalue weighted by Gasteiger charge is -2.10. The summed E-state index contributed by atoms with van der Waals surface area (Å²) in [6, 6.07) is 14.9. The average molecular weight is 284 g/mol. The first-order chi connectivity index (χ1) is 10.2. The molecule has 21 heavy (non-hydrogen) atoms. The number of rotatable bonds is 7. The number of hydrogen-bond acceptors (Lipinski definition) is 2. The van der Waals surface area contributed by atoms with Gasteiger partial charge in [-0.3, -0.25) is 4.79 Å². The highest BCUT2D eigenvalue weighted by Gasteiger charge is 2.04. The SMILES string of the molecule is CC(C)NCCCC(=O)NCc1cccc2ccccc12. The van der Waals surface area contributed by atoms with Gasteiger partial charge in [-0.05, 0) is 29.3 Å². The van der Waals surface area contributed by atoms with E-state index in [1.165, 1.54) is 16.3 Å². The van der Waals surface area contributed by atoms with E-state index in [2.05, 4.69) is 48.7 Å². The van der Waals surface area contributed by atoms with E-state index >= 15 is 0 Å². The molecule has 0 atom stereocenters. The molecule has 2 N–H and O–H groups in total. The van der Waals surface area contributed by atoms with Crippen LogP contribution in [0, 0.1) is 0 Å². The summed E-state index contributed by atoms with van der Waals surface area (Å²) in [7, 11) is 0. The van der Waals surface area contributed by atoms with Crippen molar-refractivity contribution in [3.63, 3.8) is 0 Å². The van der Waals surface area contributed by atoms with Crippen molar-refractivity contribution in [3.8, 4) is 0 Å². The Bertz CT molecular complexity index is 587. The molecular weight excluding hydrogens is 260 g/mol. The Balaban J connectivity index is 1.83. The summed E-state index contributed by atoms with van der Waals surface area (Å²) in [5, 5.41) is 8.75. The van der Waals surface area contributed by atoms with E-state index in [1.807, 2.05) is 18.2 Å². The lowest BCUT2D eigenvalue weighted by Crippen LogP contribution is -2.27. The molecule has 0 aliphatic rings. The van der Waals surface area contributed by atoms with Crippen molar-refractivity contribution in [1.29, 1.82) is 0 Å². The zero-order valence-corrected chi connectivity index (χ0v) is 12.9. The third kappa shape index (κ3) is 4.87. The fraction of sp³-hybridized carbons (Fsp3) is 0.389. The highest BCUT2D eigenvalue weighted by Crippen LogP contribution is 2.18. The van der Waals surface area contributed by atoms with Crippen LogP contribution in [0.15, 0.2) is 42.5 Å². The van der Waals surface area contributed by atoms with Gasteiger partial charge in [-0.1, -0.05) is 56.3 Å². The van der Waals surface area contributed by atoms with Crippen molar-refractivity contribution in [2.45, 2.75) is 39.3 Å². The van der Waals surface area contributed by atoms with Gasteiger partial charge >= 0.3 is 0 Å². The van der Waals surface area contributed by atoms with Crippen molar-refractivity contribution >= 4 is 16.7 Å². The Morgan fingerprint density at radius 2 is 1.86 bits per heavy atom. The van der Waals surface area contributed by atoms with E-state index in [4.69, 9.17) is 0 Å². The average Bonchev–Trinajstić information content (AvgIpc) is 2.49. The van der Waals surface area contributed by atoms with Crippen molar-refractivity contribution < 1.29 is 4.79 Å². The zero-order valence-electron chi connectivity index (χ0n) is 12.9. The normalized spacial score (nSPS) is 11.0. The van der Waals surface area contributed by atoms with Gasteiger partial charge in [0.2, 0.25) is 5.91 Å². The Hall–Kier alpha value is -1.87. The van der Waals surface area contributed by atoms with Gasteiger partial charge in [-0.15, -0.1) is 0 Å². The van der Waals surface area contributed by atoms with E-state index in [0.29, 0.717) is 19.0 Å². The van der Waals surface area contributed by atoms with Crippen LogP contribution in [0.3, 0.4) is 0 Å². The van der Waals surface area contributed by atoms with Gasteiger partial charge in [0.15, 0.2) is 0 Å². The molecule has 0 spiro atoms. The summed E-state index contributed by atoms with van der Waals surface area (Å²) in [6.07, 6.45) is 1.45. The van der Waals surface area contributed by atoms with E-state index < -0.39 is 0 Å². The molecule has 0 aromatic heterocycles. The molecule has 0 heterocycles. The molecule has 0 fully saturated rings. The molecule has 0 radical (unpaired) electrons. The maximum Gasteiger partial charge on any atom is 0.220 e. The minimum Gasteiger partial charge on any atom is -0.352 e. The minimum absolute atomic E-state index is 0.119. The van der Waals surface area contributed by atoms with Gasteiger partial charge in [-0.2, -0.15) is 0 Å². The fourth-order valence-electron chi connectivity index (χ4n) is 2.37. The lowest BCUT2D eigenvalue weighted by atomic mass is 10.0. The smallest absolute Gasteiger partial charge is 0.220 e. The van der Waals surface area contributed by atoms with Crippen LogP contribution in [0.2, 0.25) is 0 Å². The molecule has 3 nitrogen and oxygen atoms in total. The molecule has 0 saturated heterocycles. The van der Waals surface area contributed by atoms with Crippen LogP contribution in [-0.4, -0.2) is 18.5 Å². The number of carbonyl (C=O) groups excluding carboxylic acids is 1. The highest BCUT2D eigenvalue weighted by molar-refractivity contribution is 5.86. The van der Waals surface area contributed by atoms with E-state index in [9.17, 15) is 4.79 Å². The molecule has 3 heteroatoms. The molecule has 2 rings (SSSR count). The number of hydrogen-bond donors (Lipinski definition) is 2. The van der Waals surface area contributed by atoms with E-state index in [0.717, 1.165) is 13.0 Å². The summed E-state index contributed by atoms with van der Waals surface area (Å²) in [5.41, 5.74) is 1.17. The number of amides is 1. The Morgan fingerprint density at radius 1 is 1.10 bits per heavy atom. The van der Waals surface area contributed by atoms with E-state index in [1.54, 1.807) is 0 Å². The van der Waals surface area contributed by atoms with Gasteiger partial charge in [-0.25, -0.2) is 0 Å². The quantitative estimate of drug-likeness (QED) is 0.766. The van der Waals surface area contributed by atoms with Crippen molar-refractivity contribution in [2.75, 3.05) is 6.54 Å². The van der Waals surface area contributed by atoms with Crippen molar-refractivity contribution in [3.05, 3.63) is 48.0 Å². The third-order valence-electron chi connectivity index (χ3n) is 3.49. The second-order valence-electron chi connectivity index (χ2n) is 5.63. The summed E-state index contributed by atoms with van der Waals surface area (Å²) in [4.78, 5) is 11.9. The predicted molar refractivity (Wildman–Crippen MR) is 88.2 cm³/mol. The van der Waals surface area contributed by atoms with Gasteiger partial charge in [0.25, 0.3) is 0 Å². The number of carbonyl (C=O) groups is 1. The zero-order chi connectivity index (χ0) is 15.1. The largest absolute Gasteiger partial charge is 0.352 e. The second kappa shape index (κ2) is 7.79. The van der Waals surface area contributed by atoms with Gasteiger partial charge < -0.3 is 10.6 Å². The third-order valence-corrected chi connectivity index (χ3v) is 3.49. The standard InChI is InChI=1S/C18H24N2O/c1-14(2)19-12-6-11-18(21)20-13-16-9-5-8-15-7-3-4-10-17(15)16/h3-5,7-10,14,19H,6,11-13H2,1-2H3,(H,20,21). The van der Waals surface area contributed by atoms with Crippen LogP contribution in [-0.2, 0) is 11.3 Å². The molecule has 0 unspecified atom stereocenters. The van der Waals surface area contributed by atoms with Crippen LogP contribution in [0.25, 0.3) is 10.8 Å². The maximum absolute atomic E-state index is 11.9. The highest BCUT2D eigenvalue weighted by atomic mass is 16.1. The van der Waals surface area contributed by atoms with Crippen molar-refractivity contribution in [2.24, 2.45) is 0 Å². The number of fused-ring (bicyclic) bond motifs is 1. The lowest BCUT2D eigenvalue weighted by molar-refractivity contribution is -0.121. The topological polar surface area (TPSA) is 41.1 Å². The van der Waals surface area contributed by atoms with Gasteiger partial charge in [0, 0.05) is 19.0 Å². The van der Waals surface area contributed by atoms with Crippen LogP contribution in [0.5, 0.6) is 0 Å². The Labute approximate surface area is 126 Å². The summed E-state index contributed by atoms with van der Waals surface area (Å²) < 4.78 is 0. The molecule has 0 saturated carbocycles. The van der Waals surface area contributed by atoms with E-state index in [-0.39, 0.29) is 5.91 Å². The molecule has 2 aromatic rings. The Kier molecular flexibility index (Phi) is 5.76. The summed E-state index contributed by atoms with van der Waals surface area (Å²) in [6.45, 7) is 5.71. The maximum atomic E-state index is 11.9. The van der Waals surface area contributed by atoms with Crippen molar-refractivity contribution in [1.82, 2.24) is 10.6 Å². The predicted octanol–water partition coefficient (Wildman–Crippen LogP) is 3.23. The molecule has 112 valence electrons. The molecule has 0 aliphatic heterocycles.